The summed E-state index contributed by atoms with van der Waals surface area (Å²) in [5.41, 5.74) is 0.620. The predicted octanol–water partition coefficient (Wildman–Crippen LogP) is 2.93. The summed E-state index contributed by atoms with van der Waals surface area (Å²) in [6.07, 6.45) is 2.71. The fraction of sp³-hybridized carbons (Fsp3) is 0.385. The zero-order chi connectivity index (χ0) is 12.5. The molecule has 1 rings (SSSR count). The van der Waals surface area contributed by atoms with Crippen LogP contribution in [0.3, 0.4) is 0 Å². The molecule has 0 saturated heterocycles. The number of thioether (sulfide) groups is 1. The highest BCUT2D eigenvalue weighted by atomic mass is 32.2. The van der Waals surface area contributed by atoms with Gasteiger partial charge in [-0.1, -0.05) is 25.5 Å². The number of unbranched alkanes of at least 4 members (excludes halogenated alkanes) is 1. The summed E-state index contributed by atoms with van der Waals surface area (Å²) in [5, 5.41) is 0. The fourth-order valence-electron chi connectivity index (χ4n) is 1.19. The molecule has 17 heavy (non-hydrogen) atoms. The minimum absolute atomic E-state index is 0.208. The van der Waals surface area contributed by atoms with Crippen LogP contribution in [0.1, 0.15) is 30.1 Å². The van der Waals surface area contributed by atoms with Crippen molar-refractivity contribution in [2.75, 3.05) is 12.4 Å². The lowest BCUT2D eigenvalue weighted by molar-refractivity contribution is -0.140. The van der Waals surface area contributed by atoms with Gasteiger partial charge >= 0.3 is 5.97 Å². The molecule has 0 aliphatic rings. The second-order valence-corrected chi connectivity index (χ2v) is 4.60. The average Bonchev–Trinajstić information content (AvgIpc) is 2.37. The van der Waals surface area contributed by atoms with E-state index in [0.29, 0.717) is 12.2 Å². The molecule has 1 aromatic carbocycles. The van der Waals surface area contributed by atoms with Crippen molar-refractivity contribution in [2.24, 2.45) is 0 Å². The van der Waals surface area contributed by atoms with E-state index in [-0.39, 0.29) is 11.7 Å². The monoisotopic (exact) mass is 252 g/mol. The third-order valence-corrected chi connectivity index (χ3v) is 3.08. The summed E-state index contributed by atoms with van der Waals surface area (Å²) in [6.45, 7) is 2.54. The third-order valence-electron chi connectivity index (χ3n) is 2.11. The minimum Gasteiger partial charge on any atom is -0.465 e. The van der Waals surface area contributed by atoms with Crippen LogP contribution in [0.25, 0.3) is 0 Å². The molecular formula is C13H16O3S. The topological polar surface area (TPSA) is 43.4 Å². The molecule has 0 saturated carbocycles. The van der Waals surface area contributed by atoms with Crippen molar-refractivity contribution < 1.29 is 14.3 Å². The first kappa shape index (κ1) is 13.8. The lowest BCUT2D eigenvalue weighted by Crippen LogP contribution is -2.08. The number of esters is 1. The summed E-state index contributed by atoms with van der Waals surface area (Å²) < 4.78 is 5.03. The zero-order valence-corrected chi connectivity index (χ0v) is 10.7. The van der Waals surface area contributed by atoms with E-state index in [0.717, 1.165) is 24.0 Å². The van der Waals surface area contributed by atoms with Crippen LogP contribution in [0.2, 0.25) is 0 Å². The number of hydrogen-bond donors (Lipinski definition) is 0. The van der Waals surface area contributed by atoms with E-state index in [1.165, 1.54) is 11.8 Å². The lowest BCUT2D eigenvalue weighted by atomic mass is 10.2. The molecule has 92 valence electrons. The largest absolute Gasteiger partial charge is 0.465 e. The normalized spacial score (nSPS) is 9.94. The maximum atomic E-state index is 11.3. The van der Waals surface area contributed by atoms with Crippen LogP contribution >= 0.6 is 11.8 Å². The number of carbonyl (C=O) groups excluding carboxylic acids is 2. The van der Waals surface area contributed by atoms with E-state index >= 15 is 0 Å². The maximum Gasteiger partial charge on any atom is 0.316 e. The van der Waals surface area contributed by atoms with Crippen molar-refractivity contribution in [3.63, 3.8) is 0 Å². The van der Waals surface area contributed by atoms with Crippen LogP contribution in [-0.4, -0.2) is 24.6 Å². The van der Waals surface area contributed by atoms with Crippen LogP contribution in [0, 0.1) is 0 Å². The molecule has 0 unspecified atom stereocenters. The molecule has 0 aromatic heterocycles. The molecule has 0 heterocycles. The Balaban J connectivity index is 2.34. The standard InChI is InChI=1S/C13H16O3S/c1-2-3-7-16-13(15)10-17-12-6-4-5-11(8-12)9-14/h4-6,8-9H,2-3,7,10H2,1H3. The van der Waals surface area contributed by atoms with Crippen LogP contribution < -0.4 is 0 Å². The molecule has 0 N–H and O–H groups in total. The van der Waals surface area contributed by atoms with Gasteiger partial charge in [-0.15, -0.1) is 11.8 Å². The number of rotatable bonds is 7. The van der Waals surface area contributed by atoms with Gasteiger partial charge in [0.05, 0.1) is 12.4 Å². The van der Waals surface area contributed by atoms with Gasteiger partial charge in [0.25, 0.3) is 0 Å². The number of hydrogen-bond acceptors (Lipinski definition) is 4. The molecular weight excluding hydrogens is 236 g/mol. The zero-order valence-electron chi connectivity index (χ0n) is 9.85. The maximum absolute atomic E-state index is 11.3. The quantitative estimate of drug-likeness (QED) is 0.324. The Morgan fingerprint density at radius 1 is 1.47 bits per heavy atom. The van der Waals surface area contributed by atoms with Crippen molar-refractivity contribution in [1.82, 2.24) is 0 Å². The van der Waals surface area contributed by atoms with Crippen molar-refractivity contribution in [3.8, 4) is 0 Å². The Bertz CT molecular complexity index is 377. The highest BCUT2D eigenvalue weighted by Crippen LogP contribution is 2.18. The summed E-state index contributed by atoms with van der Waals surface area (Å²) >= 11 is 1.38. The van der Waals surface area contributed by atoms with Gasteiger partial charge in [0.15, 0.2) is 0 Å². The van der Waals surface area contributed by atoms with Crippen LogP contribution in [-0.2, 0) is 9.53 Å². The molecule has 0 bridgehead atoms. The summed E-state index contributed by atoms with van der Waals surface area (Å²) in [7, 11) is 0. The van der Waals surface area contributed by atoms with Gasteiger partial charge in [0, 0.05) is 10.5 Å². The molecule has 0 aliphatic carbocycles. The molecule has 0 amide bonds. The van der Waals surface area contributed by atoms with E-state index < -0.39 is 0 Å². The van der Waals surface area contributed by atoms with Crippen molar-refractivity contribution in [1.29, 1.82) is 0 Å². The summed E-state index contributed by atoms with van der Waals surface area (Å²) in [5.74, 6) is 0.0754. The molecule has 4 heteroatoms. The first-order valence-electron chi connectivity index (χ1n) is 5.60. The van der Waals surface area contributed by atoms with Gasteiger partial charge in [-0.05, 0) is 18.6 Å². The number of carbonyl (C=O) groups is 2. The SMILES string of the molecule is CCCCOC(=O)CSc1cccc(C=O)c1. The second-order valence-electron chi connectivity index (χ2n) is 3.55. The van der Waals surface area contributed by atoms with Crippen LogP contribution in [0.5, 0.6) is 0 Å². The van der Waals surface area contributed by atoms with Crippen LogP contribution in [0.4, 0.5) is 0 Å². The van der Waals surface area contributed by atoms with Gasteiger partial charge in [-0.25, -0.2) is 0 Å². The molecule has 0 radical (unpaired) electrons. The summed E-state index contributed by atoms with van der Waals surface area (Å²) in [6, 6.07) is 7.17. The van der Waals surface area contributed by atoms with Gasteiger partial charge in [0.2, 0.25) is 0 Å². The van der Waals surface area contributed by atoms with Crippen molar-refractivity contribution in [2.45, 2.75) is 24.7 Å². The average molecular weight is 252 g/mol. The molecule has 0 atom stereocenters. The molecule has 0 fully saturated rings. The van der Waals surface area contributed by atoms with E-state index in [1.807, 2.05) is 13.0 Å². The van der Waals surface area contributed by atoms with Gasteiger partial charge in [0.1, 0.15) is 6.29 Å². The first-order valence-corrected chi connectivity index (χ1v) is 6.58. The molecule has 3 nitrogen and oxygen atoms in total. The third kappa shape index (κ3) is 5.54. The van der Waals surface area contributed by atoms with Gasteiger partial charge in [-0.3, -0.25) is 9.59 Å². The Kier molecular flexibility index (Phi) is 6.40. The smallest absolute Gasteiger partial charge is 0.316 e. The van der Waals surface area contributed by atoms with Crippen molar-refractivity contribution >= 4 is 24.0 Å². The second kappa shape index (κ2) is 7.90. The number of aldehydes is 1. The number of ether oxygens (including phenoxy) is 1. The van der Waals surface area contributed by atoms with E-state index in [1.54, 1.807) is 18.2 Å². The fourth-order valence-corrected chi connectivity index (χ4v) is 1.95. The Hall–Kier alpha value is -1.29. The van der Waals surface area contributed by atoms with Gasteiger partial charge in [-0.2, -0.15) is 0 Å². The van der Waals surface area contributed by atoms with E-state index in [4.69, 9.17) is 4.74 Å². The van der Waals surface area contributed by atoms with Crippen molar-refractivity contribution in [3.05, 3.63) is 29.8 Å². The predicted molar refractivity (Wildman–Crippen MR) is 68.4 cm³/mol. The highest BCUT2D eigenvalue weighted by molar-refractivity contribution is 8.00. The Labute approximate surface area is 106 Å². The van der Waals surface area contributed by atoms with E-state index in [2.05, 4.69) is 0 Å². The minimum atomic E-state index is -0.208. The molecule has 1 aromatic rings. The number of benzene rings is 1. The Morgan fingerprint density at radius 2 is 2.29 bits per heavy atom. The summed E-state index contributed by atoms with van der Waals surface area (Å²) in [4.78, 5) is 22.8. The molecule has 0 aliphatic heterocycles. The lowest BCUT2D eigenvalue weighted by Gasteiger charge is -2.04. The van der Waals surface area contributed by atoms with Gasteiger partial charge < -0.3 is 4.74 Å². The Morgan fingerprint density at radius 3 is 3.00 bits per heavy atom. The molecule has 0 spiro atoms. The van der Waals surface area contributed by atoms with E-state index in [9.17, 15) is 9.59 Å². The highest BCUT2D eigenvalue weighted by Gasteiger charge is 2.04. The first-order chi connectivity index (χ1) is 8.26. The van der Waals surface area contributed by atoms with Crippen LogP contribution in [0.15, 0.2) is 29.2 Å².